The smallest absolute Gasteiger partial charge is 0.231 e. The van der Waals surface area contributed by atoms with Gasteiger partial charge in [-0.05, 0) is 67.1 Å². The van der Waals surface area contributed by atoms with Crippen LogP contribution >= 0.6 is 11.6 Å². The van der Waals surface area contributed by atoms with Gasteiger partial charge in [0.05, 0.1) is 5.56 Å². The van der Waals surface area contributed by atoms with Gasteiger partial charge in [-0.3, -0.25) is 9.59 Å². The summed E-state index contributed by atoms with van der Waals surface area (Å²) in [5, 5.41) is 0.547. The minimum Gasteiger partial charge on any atom is -0.485 e. The summed E-state index contributed by atoms with van der Waals surface area (Å²) in [6, 6.07) is 15.7. The highest BCUT2D eigenvalue weighted by Gasteiger charge is 2.30. The van der Waals surface area contributed by atoms with Gasteiger partial charge in [0.15, 0.2) is 18.1 Å². The first-order valence-corrected chi connectivity index (χ1v) is 9.55. The summed E-state index contributed by atoms with van der Waals surface area (Å²) in [6.07, 6.45) is 1.50. The standard InChI is InChI=1S/C24H16ClFO4/c1-14-21(29-13-20(27)16-5-7-17(25)8-6-16)10-9-19-23(28)22(30-24(14)19)12-15-3-2-4-18(26)11-15/h2-12H,13H2,1H3/b22-12-. The summed E-state index contributed by atoms with van der Waals surface area (Å²) in [5.41, 5.74) is 2.01. The third-order valence-corrected chi connectivity index (χ3v) is 4.96. The zero-order valence-electron chi connectivity index (χ0n) is 15.9. The van der Waals surface area contributed by atoms with Crippen LogP contribution < -0.4 is 9.47 Å². The average Bonchev–Trinajstić information content (AvgIpc) is 3.04. The summed E-state index contributed by atoms with van der Waals surface area (Å²) in [6.45, 7) is 1.58. The Morgan fingerprint density at radius 2 is 1.90 bits per heavy atom. The Hall–Kier alpha value is -3.44. The Kier molecular flexibility index (Phi) is 5.38. The third kappa shape index (κ3) is 3.98. The van der Waals surface area contributed by atoms with Crippen LogP contribution in [0.2, 0.25) is 5.02 Å². The van der Waals surface area contributed by atoms with Crippen molar-refractivity contribution in [2.75, 3.05) is 6.61 Å². The number of rotatable bonds is 5. The van der Waals surface area contributed by atoms with E-state index in [4.69, 9.17) is 21.1 Å². The Bertz CT molecular complexity index is 1180. The number of allylic oxidation sites excluding steroid dienone is 1. The molecule has 0 aromatic heterocycles. The van der Waals surface area contributed by atoms with E-state index in [2.05, 4.69) is 0 Å². The molecule has 0 aliphatic carbocycles. The van der Waals surface area contributed by atoms with Gasteiger partial charge in [0, 0.05) is 16.1 Å². The van der Waals surface area contributed by atoms with E-state index in [1.807, 2.05) is 0 Å². The predicted molar refractivity (Wildman–Crippen MR) is 112 cm³/mol. The minimum absolute atomic E-state index is 0.105. The molecule has 0 saturated heterocycles. The van der Waals surface area contributed by atoms with Crippen molar-refractivity contribution in [2.24, 2.45) is 0 Å². The lowest BCUT2D eigenvalue weighted by molar-refractivity contribution is 0.0920. The molecule has 1 heterocycles. The molecule has 3 aromatic carbocycles. The molecular weight excluding hydrogens is 407 g/mol. The molecule has 0 N–H and O–H groups in total. The summed E-state index contributed by atoms with van der Waals surface area (Å²) in [5.74, 6) is 0.0315. The average molecular weight is 423 g/mol. The van der Waals surface area contributed by atoms with Gasteiger partial charge in [-0.2, -0.15) is 0 Å². The van der Waals surface area contributed by atoms with Crippen LogP contribution in [0.3, 0.4) is 0 Å². The Balaban J connectivity index is 1.53. The fourth-order valence-electron chi connectivity index (χ4n) is 3.13. The molecule has 0 saturated carbocycles. The van der Waals surface area contributed by atoms with E-state index in [1.165, 1.54) is 18.2 Å². The van der Waals surface area contributed by atoms with Crippen LogP contribution in [0.25, 0.3) is 6.08 Å². The summed E-state index contributed by atoms with van der Waals surface area (Å²) >= 11 is 5.84. The van der Waals surface area contributed by atoms with Crippen LogP contribution in [0.5, 0.6) is 11.5 Å². The maximum Gasteiger partial charge on any atom is 0.231 e. The molecule has 6 heteroatoms. The van der Waals surface area contributed by atoms with E-state index in [9.17, 15) is 14.0 Å². The van der Waals surface area contributed by atoms with Gasteiger partial charge in [-0.1, -0.05) is 23.7 Å². The summed E-state index contributed by atoms with van der Waals surface area (Å²) in [4.78, 5) is 25.0. The van der Waals surface area contributed by atoms with Gasteiger partial charge in [0.25, 0.3) is 0 Å². The van der Waals surface area contributed by atoms with Crippen LogP contribution in [0.15, 0.2) is 66.4 Å². The lowest BCUT2D eigenvalue weighted by Gasteiger charge is -2.11. The molecule has 4 nitrogen and oxygen atoms in total. The highest BCUT2D eigenvalue weighted by Crippen LogP contribution is 2.39. The maximum atomic E-state index is 13.4. The van der Waals surface area contributed by atoms with Crippen molar-refractivity contribution in [1.29, 1.82) is 0 Å². The topological polar surface area (TPSA) is 52.6 Å². The van der Waals surface area contributed by atoms with Crippen molar-refractivity contribution in [1.82, 2.24) is 0 Å². The highest BCUT2D eigenvalue weighted by molar-refractivity contribution is 6.30. The number of hydrogen-bond acceptors (Lipinski definition) is 4. The van der Waals surface area contributed by atoms with E-state index >= 15 is 0 Å². The van der Waals surface area contributed by atoms with Crippen LogP contribution in [-0.2, 0) is 0 Å². The number of ketones is 2. The number of ether oxygens (including phenoxy) is 2. The van der Waals surface area contributed by atoms with E-state index in [-0.39, 0.29) is 23.9 Å². The molecule has 3 aromatic rings. The number of hydrogen-bond donors (Lipinski definition) is 0. The predicted octanol–water partition coefficient (Wildman–Crippen LogP) is 5.67. The zero-order chi connectivity index (χ0) is 21.3. The number of carbonyl (C=O) groups is 2. The molecule has 0 fully saturated rings. The van der Waals surface area contributed by atoms with Crippen molar-refractivity contribution in [3.05, 3.63) is 99.5 Å². The monoisotopic (exact) mass is 422 g/mol. The van der Waals surface area contributed by atoms with Gasteiger partial charge < -0.3 is 9.47 Å². The van der Waals surface area contributed by atoms with E-state index < -0.39 is 5.82 Å². The number of carbonyl (C=O) groups excluding carboxylic acids is 2. The molecule has 0 radical (unpaired) electrons. The number of benzene rings is 3. The summed E-state index contributed by atoms with van der Waals surface area (Å²) < 4.78 is 24.8. The van der Waals surface area contributed by atoms with Crippen molar-refractivity contribution in [3.63, 3.8) is 0 Å². The Morgan fingerprint density at radius 3 is 2.63 bits per heavy atom. The van der Waals surface area contributed by atoms with Crippen molar-refractivity contribution >= 4 is 29.2 Å². The maximum absolute atomic E-state index is 13.4. The minimum atomic E-state index is -0.399. The highest BCUT2D eigenvalue weighted by atomic mass is 35.5. The Labute approximate surface area is 177 Å². The largest absolute Gasteiger partial charge is 0.485 e. The molecule has 1 aliphatic rings. The third-order valence-electron chi connectivity index (χ3n) is 4.71. The second kappa shape index (κ2) is 8.13. The van der Waals surface area contributed by atoms with Gasteiger partial charge in [-0.15, -0.1) is 0 Å². The second-order valence-corrected chi connectivity index (χ2v) is 7.22. The van der Waals surface area contributed by atoms with Crippen molar-refractivity contribution in [3.8, 4) is 11.5 Å². The van der Waals surface area contributed by atoms with Crippen LogP contribution in [0.4, 0.5) is 4.39 Å². The second-order valence-electron chi connectivity index (χ2n) is 6.78. The normalized spacial score (nSPS) is 13.8. The Morgan fingerprint density at radius 1 is 1.13 bits per heavy atom. The first-order valence-electron chi connectivity index (χ1n) is 9.17. The molecule has 150 valence electrons. The molecule has 1 aliphatic heterocycles. The van der Waals surface area contributed by atoms with Gasteiger partial charge in [-0.25, -0.2) is 4.39 Å². The van der Waals surface area contributed by atoms with Crippen LogP contribution in [0.1, 0.15) is 31.8 Å². The van der Waals surface area contributed by atoms with Gasteiger partial charge >= 0.3 is 0 Å². The van der Waals surface area contributed by atoms with E-state index in [1.54, 1.807) is 55.5 Å². The molecule has 30 heavy (non-hydrogen) atoms. The molecule has 0 spiro atoms. The van der Waals surface area contributed by atoms with E-state index in [0.29, 0.717) is 38.8 Å². The van der Waals surface area contributed by atoms with Gasteiger partial charge in [0.2, 0.25) is 5.78 Å². The van der Waals surface area contributed by atoms with E-state index in [0.717, 1.165) is 0 Å². The first kappa shape index (κ1) is 19.9. The number of halogens is 2. The van der Waals surface area contributed by atoms with Gasteiger partial charge in [0.1, 0.15) is 17.3 Å². The summed E-state index contributed by atoms with van der Waals surface area (Å²) in [7, 11) is 0. The molecular formula is C24H16ClFO4. The lowest BCUT2D eigenvalue weighted by atomic mass is 10.1. The molecule has 0 bridgehead atoms. The number of fused-ring (bicyclic) bond motifs is 1. The molecule has 0 atom stereocenters. The zero-order valence-corrected chi connectivity index (χ0v) is 16.7. The molecule has 0 amide bonds. The SMILES string of the molecule is Cc1c(OCC(=O)c2ccc(Cl)cc2)ccc2c1O/C(=C\c1cccc(F)c1)C2=O. The fourth-order valence-corrected chi connectivity index (χ4v) is 3.26. The first-order chi connectivity index (χ1) is 14.4. The quantitative estimate of drug-likeness (QED) is 0.393. The van der Waals surface area contributed by atoms with Crippen molar-refractivity contribution in [2.45, 2.75) is 6.92 Å². The van der Waals surface area contributed by atoms with Crippen LogP contribution in [0, 0.1) is 12.7 Å². The molecule has 4 rings (SSSR count). The van der Waals surface area contributed by atoms with Crippen LogP contribution in [-0.4, -0.2) is 18.2 Å². The molecule has 0 unspecified atom stereocenters. The number of Topliss-reactive ketones (excluding diaryl/α,β-unsaturated/α-hetero) is 2. The lowest BCUT2D eigenvalue weighted by Crippen LogP contribution is -2.12. The van der Waals surface area contributed by atoms with Crippen molar-refractivity contribution < 1.29 is 23.5 Å². The fraction of sp³-hybridized carbons (Fsp3) is 0.0833.